The average molecular weight is 200 g/mol. The van der Waals surface area contributed by atoms with Crippen LogP contribution in [0.1, 0.15) is 20.8 Å². The van der Waals surface area contributed by atoms with Gasteiger partial charge in [0, 0.05) is 25.0 Å². The summed E-state index contributed by atoms with van der Waals surface area (Å²) in [5, 5.41) is 0. The second-order valence-electron chi connectivity index (χ2n) is 4.21. The zero-order valence-corrected chi connectivity index (χ0v) is 9.19. The van der Waals surface area contributed by atoms with Gasteiger partial charge in [0.2, 0.25) is 5.91 Å². The molecule has 0 aliphatic carbocycles. The zero-order valence-electron chi connectivity index (χ0n) is 9.19. The van der Waals surface area contributed by atoms with Crippen molar-refractivity contribution in [2.75, 3.05) is 19.7 Å². The van der Waals surface area contributed by atoms with Gasteiger partial charge >= 0.3 is 0 Å². The number of rotatable bonds is 2. The van der Waals surface area contributed by atoms with E-state index in [1.54, 1.807) is 0 Å². The van der Waals surface area contributed by atoms with Crippen molar-refractivity contribution < 1.29 is 9.53 Å². The fourth-order valence-electron chi connectivity index (χ4n) is 1.56. The molecule has 0 spiro atoms. The Bertz CT molecular complexity index is 204. The van der Waals surface area contributed by atoms with Crippen molar-refractivity contribution in [3.63, 3.8) is 0 Å². The molecule has 4 nitrogen and oxygen atoms in total. The van der Waals surface area contributed by atoms with E-state index in [0.717, 1.165) is 0 Å². The van der Waals surface area contributed by atoms with E-state index in [1.807, 2.05) is 25.7 Å². The fourth-order valence-corrected chi connectivity index (χ4v) is 1.56. The lowest BCUT2D eigenvalue weighted by molar-refractivity contribution is -0.142. The molecule has 0 radical (unpaired) electrons. The van der Waals surface area contributed by atoms with Gasteiger partial charge in [-0.1, -0.05) is 13.8 Å². The minimum atomic E-state index is -0.0160. The van der Waals surface area contributed by atoms with Crippen LogP contribution in [0.3, 0.4) is 0 Å². The van der Waals surface area contributed by atoms with Crippen LogP contribution in [-0.2, 0) is 9.53 Å². The summed E-state index contributed by atoms with van der Waals surface area (Å²) in [6.45, 7) is 7.67. The van der Waals surface area contributed by atoms with Gasteiger partial charge in [-0.05, 0) is 6.92 Å². The van der Waals surface area contributed by atoms with Gasteiger partial charge in [0.15, 0.2) is 0 Å². The molecule has 2 atom stereocenters. The SMILES string of the molecule is CC(C)C(=O)N1CCOC(C(C)N)C1. The van der Waals surface area contributed by atoms with Gasteiger partial charge in [-0.2, -0.15) is 0 Å². The molecule has 1 heterocycles. The molecule has 1 aliphatic rings. The molecule has 2 unspecified atom stereocenters. The Hall–Kier alpha value is -0.610. The van der Waals surface area contributed by atoms with Crippen molar-refractivity contribution >= 4 is 5.91 Å². The number of carbonyl (C=O) groups is 1. The van der Waals surface area contributed by atoms with E-state index in [4.69, 9.17) is 10.5 Å². The molecule has 2 N–H and O–H groups in total. The quantitative estimate of drug-likeness (QED) is 0.693. The minimum absolute atomic E-state index is 0.00792. The van der Waals surface area contributed by atoms with E-state index in [2.05, 4.69) is 0 Å². The van der Waals surface area contributed by atoms with Gasteiger partial charge < -0.3 is 15.4 Å². The van der Waals surface area contributed by atoms with Crippen LogP contribution in [-0.4, -0.2) is 42.6 Å². The summed E-state index contributed by atoms with van der Waals surface area (Å²) < 4.78 is 5.48. The van der Waals surface area contributed by atoms with Crippen molar-refractivity contribution in [1.29, 1.82) is 0 Å². The molecule has 82 valence electrons. The number of amides is 1. The average Bonchev–Trinajstić information content (AvgIpc) is 2.16. The molecule has 0 aromatic carbocycles. The summed E-state index contributed by atoms with van der Waals surface area (Å²) in [4.78, 5) is 13.5. The molecule has 1 aliphatic heterocycles. The Labute approximate surface area is 85.4 Å². The summed E-state index contributed by atoms with van der Waals surface area (Å²) in [5.41, 5.74) is 5.74. The van der Waals surface area contributed by atoms with Crippen molar-refractivity contribution in [2.24, 2.45) is 11.7 Å². The smallest absolute Gasteiger partial charge is 0.225 e. The highest BCUT2D eigenvalue weighted by molar-refractivity contribution is 5.78. The van der Waals surface area contributed by atoms with Gasteiger partial charge in [0.25, 0.3) is 0 Å². The first kappa shape index (κ1) is 11.5. The largest absolute Gasteiger partial charge is 0.373 e. The van der Waals surface area contributed by atoms with E-state index in [1.165, 1.54) is 0 Å². The van der Waals surface area contributed by atoms with Crippen LogP contribution in [0.2, 0.25) is 0 Å². The lowest BCUT2D eigenvalue weighted by Gasteiger charge is -2.35. The summed E-state index contributed by atoms with van der Waals surface area (Å²) in [6.07, 6.45) is -0.00792. The van der Waals surface area contributed by atoms with E-state index >= 15 is 0 Å². The normalized spacial score (nSPS) is 25.2. The lowest BCUT2D eigenvalue weighted by Crippen LogP contribution is -2.52. The number of hydrogen-bond acceptors (Lipinski definition) is 3. The molecule has 0 aromatic rings. The second kappa shape index (κ2) is 4.75. The van der Waals surface area contributed by atoms with Crippen LogP contribution in [0, 0.1) is 5.92 Å². The molecule has 1 amide bonds. The second-order valence-corrected chi connectivity index (χ2v) is 4.21. The first-order valence-corrected chi connectivity index (χ1v) is 5.18. The van der Waals surface area contributed by atoms with Crippen LogP contribution in [0.4, 0.5) is 0 Å². The van der Waals surface area contributed by atoms with Crippen LogP contribution >= 0.6 is 0 Å². The number of morpholine rings is 1. The van der Waals surface area contributed by atoms with Gasteiger partial charge in [-0.25, -0.2) is 0 Å². The van der Waals surface area contributed by atoms with Crippen molar-refractivity contribution in [2.45, 2.75) is 32.9 Å². The van der Waals surface area contributed by atoms with Gasteiger partial charge in [-0.15, -0.1) is 0 Å². The number of carbonyl (C=O) groups excluding carboxylic acids is 1. The predicted molar refractivity (Wildman–Crippen MR) is 54.8 cm³/mol. The summed E-state index contributed by atoms with van der Waals surface area (Å²) >= 11 is 0. The predicted octanol–water partition coefficient (Wildman–Crippen LogP) is 0.217. The van der Waals surface area contributed by atoms with Gasteiger partial charge in [0.05, 0.1) is 12.7 Å². The topological polar surface area (TPSA) is 55.6 Å². The van der Waals surface area contributed by atoms with Crippen LogP contribution in [0.5, 0.6) is 0 Å². The number of ether oxygens (including phenoxy) is 1. The maximum absolute atomic E-state index is 11.7. The molecule has 14 heavy (non-hydrogen) atoms. The highest BCUT2D eigenvalue weighted by Gasteiger charge is 2.27. The molecule has 0 saturated carbocycles. The standard InChI is InChI=1S/C10H20N2O2/c1-7(2)10(13)12-4-5-14-9(6-12)8(3)11/h7-9H,4-6,11H2,1-3H3. The van der Waals surface area contributed by atoms with Crippen molar-refractivity contribution in [3.05, 3.63) is 0 Å². The van der Waals surface area contributed by atoms with E-state index in [9.17, 15) is 4.79 Å². The maximum atomic E-state index is 11.7. The van der Waals surface area contributed by atoms with E-state index < -0.39 is 0 Å². The molecule has 1 saturated heterocycles. The minimum Gasteiger partial charge on any atom is -0.373 e. The summed E-state index contributed by atoms with van der Waals surface area (Å²) in [6, 6.07) is -0.0160. The zero-order chi connectivity index (χ0) is 10.7. The number of nitrogens with two attached hydrogens (primary N) is 1. The van der Waals surface area contributed by atoms with Crippen molar-refractivity contribution in [3.8, 4) is 0 Å². The van der Waals surface area contributed by atoms with E-state index in [0.29, 0.717) is 19.7 Å². The van der Waals surface area contributed by atoms with Crippen molar-refractivity contribution in [1.82, 2.24) is 4.90 Å². The molecular weight excluding hydrogens is 180 g/mol. The van der Waals surface area contributed by atoms with Crippen LogP contribution in [0.15, 0.2) is 0 Å². The Morgan fingerprint density at radius 1 is 1.50 bits per heavy atom. The molecule has 4 heteroatoms. The first-order valence-electron chi connectivity index (χ1n) is 5.18. The molecule has 1 fully saturated rings. The lowest BCUT2D eigenvalue weighted by atomic mass is 10.1. The Balaban J connectivity index is 2.51. The Morgan fingerprint density at radius 3 is 2.64 bits per heavy atom. The highest BCUT2D eigenvalue weighted by atomic mass is 16.5. The molecular formula is C10H20N2O2. The van der Waals surface area contributed by atoms with Crippen LogP contribution < -0.4 is 5.73 Å². The van der Waals surface area contributed by atoms with Gasteiger partial charge in [-0.3, -0.25) is 4.79 Å². The highest BCUT2D eigenvalue weighted by Crippen LogP contribution is 2.10. The maximum Gasteiger partial charge on any atom is 0.225 e. The van der Waals surface area contributed by atoms with Crippen LogP contribution in [0.25, 0.3) is 0 Å². The molecule has 0 aromatic heterocycles. The third-order valence-electron chi connectivity index (χ3n) is 2.49. The first-order chi connectivity index (χ1) is 6.52. The summed E-state index contributed by atoms with van der Waals surface area (Å²) in [7, 11) is 0. The van der Waals surface area contributed by atoms with Gasteiger partial charge in [0.1, 0.15) is 0 Å². The molecule has 0 bridgehead atoms. The summed E-state index contributed by atoms with van der Waals surface area (Å²) in [5.74, 6) is 0.251. The Morgan fingerprint density at radius 2 is 2.14 bits per heavy atom. The van der Waals surface area contributed by atoms with E-state index in [-0.39, 0.29) is 24.0 Å². The number of nitrogens with zero attached hydrogens (tertiary/aromatic N) is 1. The monoisotopic (exact) mass is 200 g/mol. The Kier molecular flexibility index (Phi) is 3.89. The number of hydrogen-bond donors (Lipinski definition) is 1. The molecule has 1 rings (SSSR count). The third-order valence-corrected chi connectivity index (χ3v) is 2.49. The third kappa shape index (κ3) is 2.69. The fraction of sp³-hybridized carbons (Fsp3) is 0.900.